The minimum Gasteiger partial charge on any atom is -0.512 e. The summed E-state index contributed by atoms with van der Waals surface area (Å²) in [5.41, 5.74) is 5.20. The summed E-state index contributed by atoms with van der Waals surface area (Å²) in [6.07, 6.45) is 5.62. The molecule has 0 aliphatic carbocycles. The van der Waals surface area contributed by atoms with Crippen LogP contribution in [0.3, 0.4) is 0 Å². The normalized spacial score (nSPS) is 12.1. The number of aryl methyl sites for hydroxylation is 2. The van der Waals surface area contributed by atoms with Crippen LogP contribution in [0.1, 0.15) is 90.8 Å². The maximum Gasteiger partial charge on any atom is 0.164 e. The van der Waals surface area contributed by atoms with E-state index in [1.54, 1.807) is 0 Å². The Kier molecular flexibility index (Phi) is 11.9. The summed E-state index contributed by atoms with van der Waals surface area (Å²) in [5, 5.41) is 12.0. The number of allylic oxidation sites excluding steroid dienone is 2. The van der Waals surface area contributed by atoms with Gasteiger partial charge >= 0.3 is 0 Å². The van der Waals surface area contributed by atoms with E-state index in [9.17, 15) is 9.90 Å². The number of nitrogens with zero attached hydrogens (tertiary/aromatic N) is 1. The summed E-state index contributed by atoms with van der Waals surface area (Å²) in [6.45, 7) is 19.9. The van der Waals surface area contributed by atoms with E-state index < -0.39 is 5.41 Å². The third-order valence-electron chi connectivity index (χ3n) is 6.42. The minimum atomic E-state index is -0.417. The molecule has 1 N–H and O–H groups in total. The van der Waals surface area contributed by atoms with E-state index in [0.29, 0.717) is 5.92 Å². The largest absolute Gasteiger partial charge is 0.512 e. The number of rotatable bonds is 5. The Hall–Kier alpha value is -2.29. The number of aliphatic hydroxyl groups excluding tert-OH is 1. The fraction of sp³-hybridized carbons (Fsp3) is 0.455. The number of ketones is 1. The van der Waals surface area contributed by atoms with Gasteiger partial charge in [-0.3, -0.25) is 4.79 Å². The summed E-state index contributed by atoms with van der Waals surface area (Å²) in [6, 6.07) is 16.7. The van der Waals surface area contributed by atoms with Crippen molar-refractivity contribution in [1.29, 1.82) is 0 Å². The summed E-state index contributed by atoms with van der Waals surface area (Å²) in [4.78, 5) is 16.1. The molecule has 2 aromatic carbocycles. The predicted octanol–water partition coefficient (Wildman–Crippen LogP) is 9.31. The topological polar surface area (TPSA) is 50.2 Å². The second-order valence-electron chi connectivity index (χ2n) is 11.8. The van der Waals surface area contributed by atoms with Gasteiger partial charge in [0.2, 0.25) is 0 Å². The van der Waals surface area contributed by atoms with E-state index in [1.807, 2.05) is 47.7 Å². The first-order chi connectivity index (χ1) is 16.7. The van der Waals surface area contributed by atoms with Crippen molar-refractivity contribution in [2.75, 3.05) is 0 Å². The van der Waals surface area contributed by atoms with E-state index in [1.165, 1.54) is 40.8 Å². The van der Waals surface area contributed by atoms with Crippen molar-refractivity contribution >= 4 is 16.6 Å². The fourth-order valence-electron chi connectivity index (χ4n) is 4.01. The average Bonchev–Trinajstić information content (AvgIpc) is 2.78. The molecule has 4 heteroatoms. The zero-order chi connectivity index (χ0) is 27.3. The zero-order valence-corrected chi connectivity index (χ0v) is 26.6. The number of pyridine rings is 1. The Morgan fingerprint density at radius 1 is 0.973 bits per heavy atom. The van der Waals surface area contributed by atoms with Gasteiger partial charge in [0.05, 0.1) is 0 Å². The molecule has 3 rings (SSSR count). The van der Waals surface area contributed by atoms with Crippen LogP contribution in [0.4, 0.5) is 0 Å². The van der Waals surface area contributed by atoms with Crippen LogP contribution in [0.15, 0.2) is 54.4 Å². The molecular weight excluding hydrogens is 635 g/mol. The molecule has 0 fully saturated rings. The maximum absolute atomic E-state index is 11.5. The third-order valence-corrected chi connectivity index (χ3v) is 6.42. The average molecular weight is 679 g/mol. The molecule has 0 amide bonds. The standard InChI is InChI=1S/C22H24N.C11H20O2.Ir/c1-5-17(6-2)18-7-8-21-19(14-18)9-10-23-22(21)20-12-15(3)11-16(4)13-20;1-10(2,3)8(12)7-9(13)11(4,5)6;/h7-12,14,17H,5-6H2,1-4H3;7,12H,1-6H3;/q-1;;/b;8-7-;. The molecule has 0 saturated heterocycles. The van der Waals surface area contributed by atoms with Crippen molar-refractivity contribution in [3.8, 4) is 11.3 Å². The van der Waals surface area contributed by atoms with Crippen LogP contribution < -0.4 is 0 Å². The van der Waals surface area contributed by atoms with Gasteiger partial charge in [0.1, 0.15) is 5.76 Å². The van der Waals surface area contributed by atoms with Crippen LogP contribution in [0.5, 0.6) is 0 Å². The van der Waals surface area contributed by atoms with Gasteiger partial charge in [-0.05, 0) is 46.9 Å². The molecular formula is C33H44IrNO2-. The number of carbonyl (C=O) groups is 1. The summed E-state index contributed by atoms with van der Waals surface area (Å²) >= 11 is 0. The van der Waals surface area contributed by atoms with E-state index in [2.05, 4.69) is 75.1 Å². The number of hydrogen-bond acceptors (Lipinski definition) is 3. The molecule has 0 spiro atoms. The first kappa shape index (κ1) is 32.7. The first-order valence-electron chi connectivity index (χ1n) is 13.0. The van der Waals surface area contributed by atoms with Gasteiger partial charge in [-0.25, -0.2) is 0 Å². The van der Waals surface area contributed by atoms with Crippen molar-refractivity contribution in [1.82, 2.24) is 4.98 Å². The Bertz CT molecular complexity index is 1210. The molecule has 203 valence electrons. The van der Waals surface area contributed by atoms with Crippen LogP contribution >= 0.6 is 0 Å². The van der Waals surface area contributed by atoms with Gasteiger partial charge in [0.25, 0.3) is 0 Å². The van der Waals surface area contributed by atoms with Gasteiger partial charge in [-0.1, -0.05) is 87.4 Å². The number of aromatic nitrogens is 1. The molecule has 3 nitrogen and oxygen atoms in total. The van der Waals surface area contributed by atoms with E-state index in [0.717, 1.165) is 16.8 Å². The van der Waals surface area contributed by atoms with Gasteiger partial charge in [-0.2, -0.15) is 0 Å². The second kappa shape index (κ2) is 13.5. The van der Waals surface area contributed by atoms with Crippen molar-refractivity contribution < 1.29 is 30.0 Å². The quantitative estimate of drug-likeness (QED) is 0.166. The second-order valence-corrected chi connectivity index (χ2v) is 11.8. The Morgan fingerprint density at radius 2 is 1.59 bits per heavy atom. The number of aliphatic hydroxyl groups is 1. The number of benzene rings is 2. The number of carbonyl (C=O) groups excluding carboxylic acids is 1. The third kappa shape index (κ3) is 9.20. The number of hydrogen-bond donors (Lipinski definition) is 1. The maximum atomic E-state index is 11.5. The Balaban J connectivity index is 0.000000423. The zero-order valence-electron chi connectivity index (χ0n) is 24.2. The van der Waals surface area contributed by atoms with Gasteiger partial charge in [0.15, 0.2) is 5.78 Å². The summed E-state index contributed by atoms with van der Waals surface area (Å²) in [7, 11) is 0. The molecule has 0 aliphatic heterocycles. The van der Waals surface area contributed by atoms with Crippen molar-refractivity contribution in [3.63, 3.8) is 0 Å². The molecule has 0 saturated carbocycles. The predicted molar refractivity (Wildman–Crippen MR) is 153 cm³/mol. The monoisotopic (exact) mass is 679 g/mol. The molecule has 37 heavy (non-hydrogen) atoms. The molecule has 3 aromatic rings. The first-order valence-corrected chi connectivity index (χ1v) is 13.0. The van der Waals surface area contributed by atoms with Crippen molar-refractivity contribution in [2.24, 2.45) is 10.8 Å². The molecule has 0 aliphatic rings. The Morgan fingerprint density at radius 3 is 2.11 bits per heavy atom. The molecule has 1 radical (unpaired) electrons. The molecule has 1 heterocycles. The summed E-state index contributed by atoms with van der Waals surface area (Å²) < 4.78 is 0. The minimum absolute atomic E-state index is 0. The summed E-state index contributed by atoms with van der Waals surface area (Å²) in [5.74, 6) is 0.746. The van der Waals surface area contributed by atoms with Gasteiger partial charge in [0, 0.05) is 43.2 Å². The van der Waals surface area contributed by atoms with E-state index in [-0.39, 0.29) is 37.1 Å². The molecule has 0 bridgehead atoms. The van der Waals surface area contributed by atoms with Crippen molar-refractivity contribution in [2.45, 2.75) is 88.0 Å². The molecule has 1 aromatic heterocycles. The van der Waals surface area contributed by atoms with Gasteiger partial charge < -0.3 is 10.1 Å². The smallest absolute Gasteiger partial charge is 0.164 e. The van der Waals surface area contributed by atoms with E-state index in [4.69, 9.17) is 0 Å². The fourth-order valence-corrected chi connectivity index (χ4v) is 4.01. The molecule has 0 unspecified atom stereocenters. The van der Waals surface area contributed by atoms with Crippen LogP contribution in [-0.4, -0.2) is 15.9 Å². The Labute approximate surface area is 238 Å². The van der Waals surface area contributed by atoms with Crippen LogP contribution in [0.2, 0.25) is 0 Å². The number of fused-ring (bicyclic) bond motifs is 1. The van der Waals surface area contributed by atoms with Crippen molar-refractivity contribution in [3.05, 3.63) is 77.2 Å². The SMILES string of the molecule is CC(C)(C)C(=O)/C=C(\O)C(C)(C)C.CCC(CC)c1ccc2c(-c3[c-]c(C)cc(C)c3)nccc2c1.[Ir]. The van der Waals surface area contributed by atoms with Crippen LogP contribution in [0.25, 0.3) is 22.0 Å². The van der Waals surface area contributed by atoms with E-state index >= 15 is 0 Å². The van der Waals surface area contributed by atoms with Gasteiger partial charge in [-0.15, -0.1) is 34.9 Å². The van der Waals surface area contributed by atoms with Crippen LogP contribution in [-0.2, 0) is 24.9 Å². The molecule has 0 atom stereocenters. The van der Waals surface area contributed by atoms with Crippen LogP contribution in [0, 0.1) is 30.7 Å².